The zero-order valence-electron chi connectivity index (χ0n) is 12.6. The lowest BCUT2D eigenvalue weighted by Gasteiger charge is -2.18. The van der Waals surface area contributed by atoms with Gasteiger partial charge in [0, 0.05) is 11.8 Å². The highest BCUT2D eigenvalue weighted by atomic mass is 32.2. The lowest BCUT2D eigenvalue weighted by Crippen LogP contribution is -2.24. The van der Waals surface area contributed by atoms with Crippen molar-refractivity contribution < 1.29 is 0 Å². The lowest BCUT2D eigenvalue weighted by molar-refractivity contribution is 0.577. The Morgan fingerprint density at radius 3 is 2.52 bits per heavy atom. The molecule has 0 aliphatic heterocycles. The lowest BCUT2D eigenvalue weighted by atomic mass is 10.1. The molecule has 0 saturated carbocycles. The number of hydrogen-bond donors (Lipinski definition) is 1. The van der Waals surface area contributed by atoms with E-state index in [-0.39, 0.29) is 0 Å². The largest absolute Gasteiger partial charge is 0.309 e. The van der Waals surface area contributed by atoms with Crippen molar-refractivity contribution in [2.75, 3.05) is 18.6 Å². The molecule has 21 heavy (non-hydrogen) atoms. The van der Waals surface area contributed by atoms with Crippen LogP contribution in [0.2, 0.25) is 0 Å². The summed E-state index contributed by atoms with van der Waals surface area (Å²) in [7, 11) is 0. The Bertz CT molecular complexity index is 539. The van der Waals surface area contributed by atoms with Crippen molar-refractivity contribution in [2.24, 2.45) is 0 Å². The summed E-state index contributed by atoms with van der Waals surface area (Å²) >= 11 is 5.11. The second kappa shape index (κ2) is 8.78. The van der Waals surface area contributed by atoms with Gasteiger partial charge in [-0.05, 0) is 31.7 Å². The summed E-state index contributed by atoms with van der Waals surface area (Å²) in [6, 6.07) is 9.15. The number of benzene rings is 1. The summed E-state index contributed by atoms with van der Waals surface area (Å²) in [5.74, 6) is 0.978. The van der Waals surface area contributed by atoms with Gasteiger partial charge in [-0.15, -0.1) is 10.2 Å². The molecule has 6 heteroatoms. The van der Waals surface area contributed by atoms with Crippen LogP contribution < -0.4 is 5.32 Å². The fourth-order valence-electron chi connectivity index (χ4n) is 1.88. The van der Waals surface area contributed by atoms with Crippen LogP contribution in [0.4, 0.5) is 0 Å². The standard InChI is InChI=1S/C15H21N3S3/c1-4-9-16-13(12-7-5-11(2)6-8-12)10-20-15-18-17-14(19-3)21-15/h5-8,13,16H,4,9-10H2,1-3H3. The van der Waals surface area contributed by atoms with Gasteiger partial charge in [0.1, 0.15) is 0 Å². The molecule has 0 bridgehead atoms. The van der Waals surface area contributed by atoms with Gasteiger partial charge in [0.25, 0.3) is 0 Å². The molecule has 1 atom stereocenters. The van der Waals surface area contributed by atoms with Crippen molar-refractivity contribution >= 4 is 34.9 Å². The Morgan fingerprint density at radius 1 is 1.19 bits per heavy atom. The highest BCUT2D eigenvalue weighted by molar-refractivity contribution is 8.02. The molecule has 0 aliphatic rings. The van der Waals surface area contributed by atoms with Gasteiger partial charge in [0.2, 0.25) is 0 Å². The third-order valence-corrected chi connectivity index (χ3v) is 6.18. The number of nitrogens with one attached hydrogen (secondary N) is 1. The van der Waals surface area contributed by atoms with E-state index in [0.717, 1.165) is 27.4 Å². The molecular weight excluding hydrogens is 318 g/mol. The molecule has 0 radical (unpaired) electrons. The molecule has 1 N–H and O–H groups in total. The van der Waals surface area contributed by atoms with E-state index < -0.39 is 0 Å². The third-order valence-electron chi connectivity index (χ3n) is 3.06. The second-order valence-electron chi connectivity index (χ2n) is 4.77. The monoisotopic (exact) mass is 339 g/mol. The Balaban J connectivity index is 2.00. The molecule has 1 aromatic heterocycles. The van der Waals surface area contributed by atoms with E-state index >= 15 is 0 Å². The maximum atomic E-state index is 4.23. The van der Waals surface area contributed by atoms with Crippen LogP contribution in [-0.4, -0.2) is 28.8 Å². The summed E-state index contributed by atoms with van der Waals surface area (Å²) in [6.07, 6.45) is 3.18. The summed E-state index contributed by atoms with van der Waals surface area (Å²) < 4.78 is 2.08. The van der Waals surface area contributed by atoms with E-state index in [4.69, 9.17) is 0 Å². The average Bonchev–Trinajstić information content (AvgIpc) is 2.97. The second-order valence-corrected chi connectivity index (χ2v) is 8.06. The van der Waals surface area contributed by atoms with Crippen LogP contribution in [0.3, 0.4) is 0 Å². The minimum Gasteiger partial charge on any atom is -0.309 e. The molecule has 0 amide bonds. The number of hydrogen-bond acceptors (Lipinski definition) is 6. The summed E-state index contributed by atoms with van der Waals surface area (Å²) in [4.78, 5) is 0. The smallest absolute Gasteiger partial charge is 0.175 e. The molecule has 2 aromatic rings. The van der Waals surface area contributed by atoms with Crippen LogP contribution >= 0.6 is 34.9 Å². The van der Waals surface area contributed by atoms with Gasteiger partial charge in [0.05, 0.1) is 0 Å². The van der Waals surface area contributed by atoms with E-state index in [0.29, 0.717) is 6.04 Å². The van der Waals surface area contributed by atoms with Gasteiger partial charge in [-0.1, -0.05) is 71.6 Å². The maximum Gasteiger partial charge on any atom is 0.175 e. The van der Waals surface area contributed by atoms with Gasteiger partial charge in [-0.25, -0.2) is 0 Å². The van der Waals surface area contributed by atoms with Crippen LogP contribution in [0.25, 0.3) is 0 Å². The normalized spacial score (nSPS) is 12.5. The van der Waals surface area contributed by atoms with E-state index in [1.54, 1.807) is 34.9 Å². The molecule has 2 rings (SSSR count). The number of aromatic nitrogens is 2. The summed E-state index contributed by atoms with van der Waals surface area (Å²) in [6.45, 7) is 5.35. The average molecular weight is 340 g/mol. The van der Waals surface area contributed by atoms with E-state index in [1.807, 2.05) is 6.26 Å². The Hall–Kier alpha value is -0.560. The number of thioether (sulfide) groups is 2. The molecule has 3 nitrogen and oxygen atoms in total. The van der Waals surface area contributed by atoms with Gasteiger partial charge in [0.15, 0.2) is 8.68 Å². The van der Waals surface area contributed by atoms with Gasteiger partial charge in [-0.3, -0.25) is 0 Å². The molecule has 1 aromatic carbocycles. The van der Waals surface area contributed by atoms with Crippen LogP contribution in [0.1, 0.15) is 30.5 Å². The van der Waals surface area contributed by atoms with Crippen molar-refractivity contribution in [1.29, 1.82) is 0 Å². The third kappa shape index (κ3) is 5.29. The highest BCUT2D eigenvalue weighted by Crippen LogP contribution is 2.30. The molecule has 114 valence electrons. The molecule has 0 saturated heterocycles. The van der Waals surface area contributed by atoms with Crippen molar-refractivity contribution in [2.45, 2.75) is 35.0 Å². The zero-order valence-corrected chi connectivity index (χ0v) is 15.1. The van der Waals surface area contributed by atoms with Gasteiger partial charge < -0.3 is 5.32 Å². The zero-order chi connectivity index (χ0) is 15.1. The summed E-state index contributed by atoms with van der Waals surface area (Å²) in [5.41, 5.74) is 2.64. The molecule has 0 aliphatic carbocycles. The fourth-order valence-corrected chi connectivity index (χ4v) is 4.44. The molecular formula is C15H21N3S3. The van der Waals surface area contributed by atoms with Crippen molar-refractivity contribution in [1.82, 2.24) is 15.5 Å². The predicted molar refractivity (Wildman–Crippen MR) is 94.6 cm³/mol. The summed E-state index contributed by atoms with van der Waals surface area (Å²) in [5, 5.41) is 12.0. The van der Waals surface area contributed by atoms with Crippen LogP contribution in [0.15, 0.2) is 32.9 Å². The minimum atomic E-state index is 0.358. The number of rotatable bonds is 8. The maximum absolute atomic E-state index is 4.23. The van der Waals surface area contributed by atoms with E-state index in [1.165, 1.54) is 11.1 Å². The van der Waals surface area contributed by atoms with Crippen LogP contribution in [-0.2, 0) is 0 Å². The van der Waals surface area contributed by atoms with Gasteiger partial charge in [-0.2, -0.15) is 0 Å². The molecule has 1 heterocycles. The number of nitrogens with zero attached hydrogens (tertiary/aromatic N) is 2. The quantitative estimate of drug-likeness (QED) is 0.722. The number of aryl methyl sites for hydroxylation is 1. The SMILES string of the molecule is CCCNC(CSc1nnc(SC)s1)c1ccc(C)cc1. The van der Waals surface area contributed by atoms with Crippen molar-refractivity contribution in [3.8, 4) is 0 Å². The highest BCUT2D eigenvalue weighted by Gasteiger charge is 2.13. The first-order valence-electron chi connectivity index (χ1n) is 7.03. The van der Waals surface area contributed by atoms with E-state index in [2.05, 4.69) is 53.6 Å². The van der Waals surface area contributed by atoms with Crippen molar-refractivity contribution in [3.05, 3.63) is 35.4 Å². The van der Waals surface area contributed by atoms with Crippen LogP contribution in [0, 0.1) is 6.92 Å². The topological polar surface area (TPSA) is 37.8 Å². The Kier molecular flexibility index (Phi) is 7.03. The van der Waals surface area contributed by atoms with E-state index in [9.17, 15) is 0 Å². The molecule has 0 spiro atoms. The fraction of sp³-hybridized carbons (Fsp3) is 0.467. The van der Waals surface area contributed by atoms with Crippen LogP contribution in [0.5, 0.6) is 0 Å². The predicted octanol–water partition coefficient (Wildman–Crippen LogP) is 4.40. The van der Waals surface area contributed by atoms with Crippen molar-refractivity contribution in [3.63, 3.8) is 0 Å². The minimum absolute atomic E-state index is 0.358. The first-order chi connectivity index (χ1) is 10.2. The Morgan fingerprint density at radius 2 is 1.90 bits per heavy atom. The first-order valence-corrected chi connectivity index (χ1v) is 10.1. The Labute approximate surface area is 139 Å². The van der Waals surface area contributed by atoms with Gasteiger partial charge >= 0.3 is 0 Å². The molecule has 1 unspecified atom stereocenters. The molecule has 0 fully saturated rings. The first kappa shape index (κ1) is 16.8.